The Morgan fingerprint density at radius 1 is 1.26 bits per heavy atom. The summed E-state index contributed by atoms with van der Waals surface area (Å²) in [5, 5.41) is 14.2. The number of aromatic carboxylic acids is 1. The number of benzene rings is 1. The van der Waals surface area contributed by atoms with E-state index in [1.54, 1.807) is 35.8 Å². The number of carboxylic acid groups (broad SMARTS) is 1. The van der Waals surface area contributed by atoms with Gasteiger partial charge in [0.2, 0.25) is 0 Å². The van der Waals surface area contributed by atoms with Gasteiger partial charge in [-0.1, -0.05) is 12.1 Å². The first kappa shape index (κ1) is 22.5. The number of rotatable bonds is 5. The normalized spacial score (nSPS) is 13.5. The number of halogens is 3. The number of pyridine rings is 1. The highest BCUT2D eigenvalue weighted by Gasteiger charge is 2.31. The molecule has 0 fully saturated rings. The first-order chi connectivity index (χ1) is 16.6. The molecule has 11 heteroatoms. The van der Waals surface area contributed by atoms with Gasteiger partial charge in [0.05, 0.1) is 33.7 Å². The van der Waals surface area contributed by atoms with Crippen molar-refractivity contribution in [2.75, 3.05) is 11.9 Å². The summed E-state index contributed by atoms with van der Waals surface area (Å²) in [7, 11) is 3.55. The topological polar surface area (TPSA) is 96.3 Å². The van der Waals surface area contributed by atoms with Crippen molar-refractivity contribution in [1.29, 1.82) is 0 Å². The standard InChI is InChI=1S/C24H20F3N5O3/c1-31(13-5-3-6-14(11-13)35-24(25,26)27)19-8-4-7-15-21(19)30-32(2)22(15)18-12-17-20(29-18)16(23(33)34)9-10-28-17/h3,5-6,8-12,29H,4,7H2,1-2H3,(H,33,34). The van der Waals surface area contributed by atoms with Crippen molar-refractivity contribution in [3.8, 4) is 17.1 Å². The van der Waals surface area contributed by atoms with Crippen LogP contribution in [0.25, 0.3) is 28.1 Å². The van der Waals surface area contributed by atoms with Gasteiger partial charge >= 0.3 is 12.3 Å². The number of fused-ring (bicyclic) bond motifs is 2. The highest BCUT2D eigenvalue weighted by atomic mass is 19.4. The molecule has 1 aliphatic carbocycles. The predicted octanol–water partition coefficient (Wildman–Crippen LogP) is 4.98. The molecule has 3 heterocycles. The van der Waals surface area contributed by atoms with Gasteiger partial charge in [0, 0.05) is 37.6 Å². The molecule has 0 amide bonds. The first-order valence-electron chi connectivity index (χ1n) is 10.7. The van der Waals surface area contributed by atoms with Crippen molar-refractivity contribution in [1.82, 2.24) is 19.7 Å². The molecule has 35 heavy (non-hydrogen) atoms. The van der Waals surface area contributed by atoms with Crippen molar-refractivity contribution in [2.24, 2.45) is 7.05 Å². The summed E-state index contributed by atoms with van der Waals surface area (Å²) in [6.07, 6.45) is 0.0597. The number of hydrogen-bond donors (Lipinski definition) is 2. The number of aromatic nitrogens is 4. The fraction of sp³-hybridized carbons (Fsp3) is 0.208. The molecule has 8 nitrogen and oxygen atoms in total. The molecule has 2 N–H and O–H groups in total. The van der Waals surface area contributed by atoms with Crippen LogP contribution in [0.5, 0.6) is 5.75 Å². The molecule has 0 saturated heterocycles. The van der Waals surface area contributed by atoms with E-state index in [0.717, 1.165) is 17.0 Å². The van der Waals surface area contributed by atoms with E-state index in [-0.39, 0.29) is 11.3 Å². The van der Waals surface area contributed by atoms with E-state index in [2.05, 4.69) is 14.7 Å². The molecule has 0 saturated carbocycles. The number of nitrogens with one attached hydrogen (secondary N) is 1. The minimum Gasteiger partial charge on any atom is -0.478 e. The van der Waals surface area contributed by atoms with Crippen LogP contribution >= 0.6 is 0 Å². The number of nitrogens with zero attached hydrogens (tertiary/aromatic N) is 4. The molecule has 3 aromatic heterocycles. The van der Waals surface area contributed by atoms with Crippen molar-refractivity contribution < 1.29 is 27.8 Å². The van der Waals surface area contributed by atoms with Gasteiger partial charge in [-0.2, -0.15) is 5.10 Å². The minimum absolute atomic E-state index is 0.124. The number of anilines is 1. The number of carbonyl (C=O) groups is 1. The predicted molar refractivity (Wildman–Crippen MR) is 123 cm³/mol. The van der Waals surface area contributed by atoms with E-state index >= 15 is 0 Å². The van der Waals surface area contributed by atoms with Crippen LogP contribution in [-0.2, 0) is 13.5 Å². The highest BCUT2D eigenvalue weighted by molar-refractivity contribution is 6.02. The molecule has 4 aromatic rings. The van der Waals surface area contributed by atoms with Gasteiger partial charge in [-0.25, -0.2) is 4.79 Å². The van der Waals surface area contributed by atoms with Crippen molar-refractivity contribution >= 4 is 28.4 Å². The Kier molecular flexibility index (Phi) is 5.27. The highest BCUT2D eigenvalue weighted by Crippen LogP contribution is 2.38. The quantitative estimate of drug-likeness (QED) is 0.416. The second kappa shape index (κ2) is 8.19. The van der Waals surface area contributed by atoms with Gasteiger partial charge in [0.1, 0.15) is 11.4 Å². The van der Waals surface area contributed by atoms with Crippen LogP contribution in [0.2, 0.25) is 0 Å². The van der Waals surface area contributed by atoms with E-state index in [9.17, 15) is 23.1 Å². The molecule has 0 spiro atoms. The maximum Gasteiger partial charge on any atom is 0.573 e. The van der Waals surface area contributed by atoms with Crippen LogP contribution in [0.4, 0.5) is 18.9 Å². The Hall–Kier alpha value is -4.28. The van der Waals surface area contributed by atoms with Crippen LogP contribution in [0.15, 0.2) is 48.7 Å². The third-order valence-corrected chi connectivity index (χ3v) is 5.93. The van der Waals surface area contributed by atoms with Crippen molar-refractivity contribution in [3.05, 3.63) is 65.5 Å². The van der Waals surface area contributed by atoms with Crippen LogP contribution in [0.1, 0.15) is 28.0 Å². The maximum atomic E-state index is 12.7. The molecular weight excluding hydrogens is 463 g/mol. The third-order valence-electron chi connectivity index (χ3n) is 5.93. The number of hydrogen-bond acceptors (Lipinski definition) is 5. The summed E-state index contributed by atoms with van der Waals surface area (Å²) in [4.78, 5) is 20.8. The Morgan fingerprint density at radius 2 is 2.06 bits per heavy atom. The molecule has 5 rings (SSSR count). The largest absolute Gasteiger partial charge is 0.573 e. The van der Waals surface area contributed by atoms with Crippen LogP contribution < -0.4 is 9.64 Å². The number of carboxylic acids is 1. The zero-order valence-corrected chi connectivity index (χ0v) is 18.7. The van der Waals surface area contributed by atoms with E-state index in [4.69, 9.17) is 5.10 Å². The molecule has 1 aliphatic rings. The molecule has 0 aliphatic heterocycles. The van der Waals surface area contributed by atoms with Gasteiger partial charge in [-0.3, -0.25) is 9.67 Å². The fourth-order valence-corrected chi connectivity index (χ4v) is 4.45. The van der Waals surface area contributed by atoms with Gasteiger partial charge in [-0.15, -0.1) is 13.2 Å². The fourth-order valence-electron chi connectivity index (χ4n) is 4.45. The number of H-pyrrole nitrogens is 1. The Morgan fingerprint density at radius 3 is 2.80 bits per heavy atom. The van der Waals surface area contributed by atoms with E-state index in [1.165, 1.54) is 30.5 Å². The summed E-state index contributed by atoms with van der Waals surface area (Å²) in [5.41, 5.74) is 5.46. The second-order valence-electron chi connectivity index (χ2n) is 8.14. The maximum absolute atomic E-state index is 12.7. The lowest BCUT2D eigenvalue weighted by Crippen LogP contribution is -2.20. The van der Waals surface area contributed by atoms with Gasteiger partial charge < -0.3 is 19.7 Å². The molecular formula is C24H20F3N5O3. The van der Waals surface area contributed by atoms with Gasteiger partial charge in [0.25, 0.3) is 0 Å². The summed E-state index contributed by atoms with van der Waals surface area (Å²) in [6, 6.07) is 9.00. The average molecular weight is 483 g/mol. The number of alkyl halides is 3. The van der Waals surface area contributed by atoms with E-state index in [0.29, 0.717) is 41.0 Å². The number of aromatic amines is 1. The van der Waals surface area contributed by atoms with Gasteiger partial charge in [-0.05, 0) is 37.1 Å². The van der Waals surface area contributed by atoms with Crippen molar-refractivity contribution in [3.63, 3.8) is 0 Å². The van der Waals surface area contributed by atoms with Gasteiger partial charge in [0.15, 0.2) is 0 Å². The number of aryl methyl sites for hydroxylation is 1. The molecule has 0 unspecified atom stereocenters. The minimum atomic E-state index is -4.78. The SMILES string of the molecule is CN(C1=CCCc2c1nn(C)c2-c1cc2nccc(C(=O)O)c2[nH]1)c1cccc(OC(F)(F)F)c1. The third kappa shape index (κ3) is 4.09. The Balaban J connectivity index is 1.54. The second-order valence-corrected chi connectivity index (χ2v) is 8.14. The lowest BCUT2D eigenvalue weighted by Gasteiger charge is -2.25. The summed E-state index contributed by atoms with van der Waals surface area (Å²) in [5.74, 6) is -1.36. The lowest BCUT2D eigenvalue weighted by atomic mass is 9.97. The van der Waals surface area contributed by atoms with Crippen LogP contribution in [-0.4, -0.2) is 44.2 Å². The number of ether oxygens (including phenoxy) is 1. The zero-order valence-electron chi connectivity index (χ0n) is 18.7. The number of allylic oxidation sites excluding steroid dienone is 1. The summed E-state index contributed by atoms with van der Waals surface area (Å²) >= 11 is 0. The average Bonchev–Trinajstić information content (AvgIpc) is 3.36. The molecule has 0 radical (unpaired) electrons. The molecule has 0 atom stereocenters. The van der Waals surface area contributed by atoms with Crippen LogP contribution in [0.3, 0.4) is 0 Å². The Bertz CT molecular complexity index is 1490. The lowest BCUT2D eigenvalue weighted by molar-refractivity contribution is -0.274. The Labute approximate surface area is 197 Å². The van der Waals surface area contributed by atoms with Crippen LogP contribution in [0, 0.1) is 0 Å². The monoisotopic (exact) mass is 483 g/mol. The summed E-state index contributed by atoms with van der Waals surface area (Å²) in [6.45, 7) is 0. The zero-order chi connectivity index (χ0) is 24.9. The first-order valence-corrected chi connectivity index (χ1v) is 10.7. The molecule has 1 aromatic carbocycles. The van der Waals surface area contributed by atoms with Crippen molar-refractivity contribution in [2.45, 2.75) is 19.2 Å². The smallest absolute Gasteiger partial charge is 0.478 e. The van der Waals surface area contributed by atoms with E-state index < -0.39 is 12.3 Å². The summed E-state index contributed by atoms with van der Waals surface area (Å²) < 4.78 is 43.8. The molecule has 0 bridgehead atoms. The van der Waals surface area contributed by atoms with E-state index in [1.807, 2.05) is 6.08 Å². The molecule has 180 valence electrons.